The zero-order valence-electron chi connectivity index (χ0n) is 16.1. The minimum Gasteiger partial charge on any atom is -0.497 e. The lowest BCUT2D eigenvalue weighted by molar-refractivity contribution is -0.136. The fourth-order valence-electron chi connectivity index (χ4n) is 3.83. The quantitative estimate of drug-likeness (QED) is 0.726. The highest BCUT2D eigenvalue weighted by molar-refractivity contribution is 9.10. The third-order valence-electron chi connectivity index (χ3n) is 5.55. The van der Waals surface area contributed by atoms with Crippen molar-refractivity contribution in [3.05, 3.63) is 28.2 Å². The largest absolute Gasteiger partial charge is 0.497 e. The van der Waals surface area contributed by atoms with E-state index in [1.165, 1.54) is 6.42 Å². The van der Waals surface area contributed by atoms with Gasteiger partial charge in [-0.2, -0.15) is 0 Å². The van der Waals surface area contributed by atoms with Crippen molar-refractivity contribution in [2.24, 2.45) is 0 Å². The van der Waals surface area contributed by atoms with Crippen molar-refractivity contribution >= 4 is 27.7 Å². The molecule has 0 saturated carbocycles. The van der Waals surface area contributed by atoms with Gasteiger partial charge in [0.1, 0.15) is 5.75 Å². The number of piperazine rings is 1. The lowest BCUT2D eigenvalue weighted by Crippen LogP contribution is -2.53. The van der Waals surface area contributed by atoms with Crippen LogP contribution >= 0.6 is 15.9 Å². The summed E-state index contributed by atoms with van der Waals surface area (Å²) < 4.78 is 6.00. The van der Waals surface area contributed by atoms with Gasteiger partial charge in [0, 0.05) is 43.2 Å². The number of ether oxygens (including phenoxy) is 1. The predicted octanol–water partition coefficient (Wildman–Crippen LogP) is 2.62. The van der Waals surface area contributed by atoms with Gasteiger partial charge < -0.3 is 14.5 Å². The molecule has 2 heterocycles. The minimum absolute atomic E-state index is 0.00333. The molecule has 0 radical (unpaired) electrons. The molecule has 2 aliphatic heterocycles. The van der Waals surface area contributed by atoms with Crippen molar-refractivity contribution in [2.45, 2.75) is 32.2 Å². The highest BCUT2D eigenvalue weighted by Gasteiger charge is 2.28. The van der Waals surface area contributed by atoms with Crippen LogP contribution in [0.15, 0.2) is 22.7 Å². The van der Waals surface area contributed by atoms with E-state index >= 15 is 0 Å². The van der Waals surface area contributed by atoms with Gasteiger partial charge in [0.2, 0.25) is 5.91 Å². The number of hydrogen-bond donors (Lipinski definition) is 0. The minimum atomic E-state index is -0.00333. The molecule has 27 heavy (non-hydrogen) atoms. The molecule has 1 atom stereocenters. The molecule has 148 valence electrons. The smallest absolute Gasteiger partial charge is 0.255 e. The zero-order valence-corrected chi connectivity index (χ0v) is 17.7. The number of carbonyl (C=O) groups is 2. The van der Waals surface area contributed by atoms with E-state index in [-0.39, 0.29) is 11.8 Å². The molecule has 1 aromatic rings. The number of hydrogen-bond acceptors (Lipinski definition) is 4. The zero-order chi connectivity index (χ0) is 19.4. The van der Waals surface area contributed by atoms with Gasteiger partial charge in [0.15, 0.2) is 0 Å². The number of piperidine rings is 1. The Balaban J connectivity index is 1.54. The van der Waals surface area contributed by atoms with E-state index in [2.05, 4.69) is 27.8 Å². The van der Waals surface area contributed by atoms with E-state index in [1.54, 1.807) is 13.2 Å². The summed E-state index contributed by atoms with van der Waals surface area (Å²) >= 11 is 3.46. The van der Waals surface area contributed by atoms with Crippen LogP contribution in [-0.4, -0.2) is 78.9 Å². The highest BCUT2D eigenvalue weighted by Crippen LogP contribution is 2.24. The molecule has 0 bridgehead atoms. The molecule has 0 N–H and O–H groups in total. The van der Waals surface area contributed by atoms with Crippen LogP contribution in [0.25, 0.3) is 0 Å². The van der Waals surface area contributed by atoms with Gasteiger partial charge in [0.05, 0.1) is 19.2 Å². The summed E-state index contributed by atoms with van der Waals surface area (Å²) in [5.41, 5.74) is 0.612. The van der Waals surface area contributed by atoms with Crippen LogP contribution in [0.4, 0.5) is 0 Å². The van der Waals surface area contributed by atoms with Gasteiger partial charge >= 0.3 is 0 Å². The van der Waals surface area contributed by atoms with Gasteiger partial charge in [-0.25, -0.2) is 0 Å². The van der Waals surface area contributed by atoms with Gasteiger partial charge in [-0.15, -0.1) is 0 Å². The summed E-state index contributed by atoms with van der Waals surface area (Å²) in [4.78, 5) is 31.5. The maximum Gasteiger partial charge on any atom is 0.255 e. The predicted molar refractivity (Wildman–Crippen MR) is 108 cm³/mol. The SMILES string of the molecule is COc1ccc(Br)c(C(=O)N2CCN(CC(=O)N3CCCC[C@@H]3C)CC2)c1. The number of halogens is 1. The Morgan fingerprint density at radius 2 is 1.89 bits per heavy atom. The van der Waals surface area contributed by atoms with Gasteiger partial charge in [-0.05, 0) is 60.3 Å². The normalized spacial score (nSPS) is 21.2. The van der Waals surface area contributed by atoms with Crippen molar-refractivity contribution < 1.29 is 14.3 Å². The fourth-order valence-corrected chi connectivity index (χ4v) is 4.24. The number of nitrogens with zero attached hydrogens (tertiary/aromatic N) is 3. The average Bonchev–Trinajstić information content (AvgIpc) is 2.68. The molecule has 0 aromatic heterocycles. The molecule has 6 nitrogen and oxygen atoms in total. The Morgan fingerprint density at radius 3 is 2.56 bits per heavy atom. The molecule has 2 fully saturated rings. The second-order valence-corrected chi connectivity index (χ2v) is 8.20. The van der Waals surface area contributed by atoms with Crippen LogP contribution < -0.4 is 4.74 Å². The first-order valence-electron chi connectivity index (χ1n) is 9.64. The maximum atomic E-state index is 12.9. The summed E-state index contributed by atoms with van der Waals surface area (Å²) in [6, 6.07) is 5.77. The lowest BCUT2D eigenvalue weighted by Gasteiger charge is -2.38. The Hall–Kier alpha value is -1.60. The van der Waals surface area contributed by atoms with E-state index in [0.717, 1.165) is 36.9 Å². The first-order chi connectivity index (χ1) is 13.0. The summed E-state index contributed by atoms with van der Waals surface area (Å²) in [5, 5.41) is 0. The van der Waals surface area contributed by atoms with Gasteiger partial charge in [-0.3, -0.25) is 14.5 Å². The molecular formula is C20H28BrN3O3. The number of rotatable bonds is 4. The molecule has 0 spiro atoms. The molecule has 7 heteroatoms. The molecule has 0 aliphatic carbocycles. The highest BCUT2D eigenvalue weighted by atomic mass is 79.9. The summed E-state index contributed by atoms with van der Waals surface area (Å²) in [7, 11) is 1.59. The number of carbonyl (C=O) groups excluding carboxylic acids is 2. The fraction of sp³-hybridized carbons (Fsp3) is 0.600. The average molecular weight is 438 g/mol. The number of benzene rings is 1. The molecule has 2 amide bonds. The third kappa shape index (κ3) is 4.82. The number of likely N-dealkylation sites (tertiary alicyclic amines) is 1. The van der Waals surface area contributed by atoms with Crippen LogP contribution in [-0.2, 0) is 4.79 Å². The Kier molecular flexibility index (Phi) is 6.76. The van der Waals surface area contributed by atoms with Crippen molar-refractivity contribution in [3.63, 3.8) is 0 Å². The second kappa shape index (κ2) is 9.06. The lowest BCUT2D eigenvalue weighted by atomic mass is 10.0. The van der Waals surface area contributed by atoms with Gasteiger partial charge in [0.25, 0.3) is 5.91 Å². The number of methoxy groups -OCH3 is 1. The summed E-state index contributed by atoms with van der Waals surface area (Å²) in [5.74, 6) is 0.885. The number of amides is 2. The Morgan fingerprint density at radius 1 is 1.15 bits per heavy atom. The van der Waals surface area contributed by atoms with E-state index in [4.69, 9.17) is 4.74 Å². The van der Waals surface area contributed by atoms with E-state index in [9.17, 15) is 9.59 Å². The molecule has 2 saturated heterocycles. The van der Waals surface area contributed by atoms with Crippen molar-refractivity contribution in [3.8, 4) is 5.75 Å². The van der Waals surface area contributed by atoms with Crippen molar-refractivity contribution in [1.82, 2.24) is 14.7 Å². The Labute approximate surface area is 169 Å². The molecule has 0 unspecified atom stereocenters. The van der Waals surface area contributed by atoms with Crippen LogP contribution in [0, 0.1) is 0 Å². The van der Waals surface area contributed by atoms with E-state index in [0.29, 0.717) is 37.0 Å². The van der Waals surface area contributed by atoms with Crippen molar-refractivity contribution in [2.75, 3.05) is 46.4 Å². The standard InChI is InChI=1S/C20H28BrN3O3/c1-15-5-3-4-8-24(15)19(25)14-22-9-11-23(12-10-22)20(26)17-13-16(27-2)6-7-18(17)21/h6-7,13,15H,3-5,8-12,14H2,1-2H3/t15-/m0/s1. The summed E-state index contributed by atoms with van der Waals surface area (Å²) in [6.45, 7) is 6.18. The maximum absolute atomic E-state index is 12.9. The Bertz CT molecular complexity index is 689. The van der Waals surface area contributed by atoms with Crippen LogP contribution in [0.5, 0.6) is 5.75 Å². The van der Waals surface area contributed by atoms with Crippen molar-refractivity contribution in [1.29, 1.82) is 0 Å². The first-order valence-corrected chi connectivity index (χ1v) is 10.4. The molecular weight excluding hydrogens is 410 g/mol. The second-order valence-electron chi connectivity index (χ2n) is 7.35. The molecule has 2 aliphatic rings. The van der Waals surface area contributed by atoms with Crippen LogP contribution in [0.3, 0.4) is 0 Å². The third-order valence-corrected chi connectivity index (χ3v) is 6.24. The van der Waals surface area contributed by atoms with Crippen LogP contribution in [0.1, 0.15) is 36.5 Å². The first kappa shape index (κ1) is 20.1. The molecule has 3 rings (SSSR count). The molecule has 1 aromatic carbocycles. The van der Waals surface area contributed by atoms with E-state index < -0.39 is 0 Å². The van der Waals surface area contributed by atoms with Gasteiger partial charge in [-0.1, -0.05) is 0 Å². The monoisotopic (exact) mass is 437 g/mol. The topological polar surface area (TPSA) is 53.1 Å². The van der Waals surface area contributed by atoms with Crippen LogP contribution in [0.2, 0.25) is 0 Å². The summed E-state index contributed by atoms with van der Waals surface area (Å²) in [6.07, 6.45) is 3.42. The van der Waals surface area contributed by atoms with E-state index in [1.807, 2.05) is 21.9 Å².